The van der Waals surface area contributed by atoms with Gasteiger partial charge in [0.15, 0.2) is 0 Å². The summed E-state index contributed by atoms with van der Waals surface area (Å²) in [7, 11) is 0. The lowest BCUT2D eigenvalue weighted by molar-refractivity contribution is 1.23. The molecule has 0 saturated carbocycles. The largest absolute Gasteiger partial charge is 0.382 e. The van der Waals surface area contributed by atoms with Crippen molar-refractivity contribution in [1.29, 1.82) is 0 Å². The Labute approximate surface area is 369 Å². The van der Waals surface area contributed by atoms with Crippen molar-refractivity contribution in [1.82, 2.24) is 8.96 Å². The van der Waals surface area contributed by atoms with Gasteiger partial charge in [0.1, 0.15) is 0 Å². The molecule has 6 heterocycles. The first-order chi connectivity index (χ1) is 31.8. The minimum atomic E-state index is -0.0283. The van der Waals surface area contributed by atoms with Crippen molar-refractivity contribution < 1.29 is 0 Å². The van der Waals surface area contributed by atoms with Crippen LogP contribution in [0.25, 0.3) is 76.4 Å². The van der Waals surface area contributed by atoms with Crippen LogP contribution in [0.5, 0.6) is 0 Å². The highest BCUT2D eigenvalue weighted by Crippen LogP contribution is 2.52. The van der Waals surface area contributed by atoms with Crippen LogP contribution < -0.4 is 31.7 Å². The molecule has 16 rings (SSSR count). The van der Waals surface area contributed by atoms with Crippen molar-refractivity contribution >= 4 is 124 Å². The number of nitrogens with zero attached hydrogens (tertiary/aromatic N) is 4. The Morgan fingerprint density at radius 3 is 1.14 bits per heavy atom. The zero-order valence-corrected chi connectivity index (χ0v) is 34.6. The third-order valence-corrected chi connectivity index (χ3v) is 15.0. The Balaban J connectivity index is 1.14. The smallest absolute Gasteiger partial charge is 0.332 e. The molecule has 0 amide bonds. The molecule has 12 aromatic rings. The molecule has 6 heteroatoms. The van der Waals surface area contributed by atoms with Crippen LogP contribution >= 0.6 is 0 Å². The maximum absolute atomic E-state index is 2.58. The van der Waals surface area contributed by atoms with E-state index < -0.39 is 0 Å². The molecule has 2 aromatic heterocycles. The van der Waals surface area contributed by atoms with E-state index in [0.29, 0.717) is 0 Å². The molecular formula is C58H34B2N4. The predicted molar refractivity (Wildman–Crippen MR) is 271 cm³/mol. The van der Waals surface area contributed by atoms with Gasteiger partial charge in [0.25, 0.3) is 0 Å². The van der Waals surface area contributed by atoms with Crippen LogP contribution in [-0.2, 0) is 0 Å². The van der Waals surface area contributed by atoms with Gasteiger partial charge in [-0.15, -0.1) is 0 Å². The second-order valence-corrected chi connectivity index (χ2v) is 18.1. The van der Waals surface area contributed by atoms with Crippen LogP contribution in [0.1, 0.15) is 0 Å². The normalized spacial score (nSPS) is 13.8. The Morgan fingerprint density at radius 2 is 0.703 bits per heavy atom. The summed E-state index contributed by atoms with van der Waals surface area (Å²) < 4.78 is 5.14. The van der Waals surface area contributed by atoms with E-state index in [0.717, 1.165) is 11.4 Å². The predicted octanol–water partition coefficient (Wildman–Crippen LogP) is 11.9. The van der Waals surface area contributed by atoms with E-state index in [4.69, 9.17) is 0 Å². The fourth-order valence-electron chi connectivity index (χ4n) is 12.5. The van der Waals surface area contributed by atoms with Crippen LogP contribution in [0.2, 0.25) is 0 Å². The number of para-hydroxylation sites is 4. The SMILES string of the molecule is c1ccc(N2c3cc4ccccc4cc3B3c4c2cc2c5c6c(cc2c4-c2cccc4ccn3c24)N(c2ccccc2)c2cc3ccccc3cc2B6n2ccc3cccc-5c32)cc1. The topological polar surface area (TPSA) is 16.3 Å². The third-order valence-electron chi connectivity index (χ3n) is 15.0. The van der Waals surface area contributed by atoms with E-state index in [9.17, 15) is 0 Å². The third kappa shape index (κ3) is 4.08. The van der Waals surface area contributed by atoms with Crippen LogP contribution in [0, 0.1) is 0 Å². The molecule has 0 unspecified atom stereocenters. The van der Waals surface area contributed by atoms with Crippen LogP contribution in [0.3, 0.4) is 0 Å². The fourth-order valence-corrected chi connectivity index (χ4v) is 12.5. The van der Waals surface area contributed by atoms with Crippen molar-refractivity contribution in [2.24, 2.45) is 0 Å². The zero-order chi connectivity index (χ0) is 41.4. The van der Waals surface area contributed by atoms with Gasteiger partial charge in [-0.1, -0.05) is 133 Å². The Hall–Kier alpha value is -8.21. The molecule has 4 aliphatic rings. The molecule has 0 saturated heterocycles. The number of anilines is 6. The fraction of sp³-hybridized carbons (Fsp3) is 0. The van der Waals surface area contributed by atoms with E-state index in [2.05, 4.69) is 225 Å². The van der Waals surface area contributed by atoms with Gasteiger partial charge in [-0.2, -0.15) is 0 Å². The maximum Gasteiger partial charge on any atom is 0.332 e. The van der Waals surface area contributed by atoms with Crippen molar-refractivity contribution in [2.75, 3.05) is 9.80 Å². The van der Waals surface area contributed by atoms with Gasteiger partial charge >= 0.3 is 13.7 Å². The molecule has 0 bridgehead atoms. The summed E-state index contributed by atoms with van der Waals surface area (Å²) in [5.74, 6) is 0. The number of rotatable bonds is 2. The summed E-state index contributed by atoms with van der Waals surface area (Å²) in [4.78, 5) is 5.14. The molecule has 0 radical (unpaired) electrons. The molecule has 0 spiro atoms. The van der Waals surface area contributed by atoms with Crippen molar-refractivity contribution in [3.05, 3.63) is 207 Å². The number of hydrogen-bond donors (Lipinski definition) is 0. The highest BCUT2D eigenvalue weighted by Gasteiger charge is 2.46. The summed E-state index contributed by atoms with van der Waals surface area (Å²) in [6.45, 7) is -0.0565. The van der Waals surface area contributed by atoms with E-state index in [-0.39, 0.29) is 13.7 Å². The molecule has 0 aliphatic carbocycles. The molecule has 0 fully saturated rings. The second kappa shape index (κ2) is 11.8. The number of benzene rings is 10. The molecule has 10 aromatic carbocycles. The van der Waals surface area contributed by atoms with Gasteiger partial charge in [0, 0.05) is 56.3 Å². The molecule has 64 heavy (non-hydrogen) atoms. The van der Waals surface area contributed by atoms with Crippen LogP contribution in [-0.4, -0.2) is 22.7 Å². The minimum Gasteiger partial charge on any atom is -0.382 e. The molecule has 292 valence electrons. The first-order valence-electron chi connectivity index (χ1n) is 22.4. The van der Waals surface area contributed by atoms with Crippen LogP contribution in [0.4, 0.5) is 34.1 Å². The lowest BCUT2D eigenvalue weighted by Gasteiger charge is -2.43. The summed E-state index contributed by atoms with van der Waals surface area (Å²) in [6.07, 6.45) is 4.67. The lowest BCUT2D eigenvalue weighted by Crippen LogP contribution is -2.57. The van der Waals surface area contributed by atoms with Gasteiger partial charge in [0.2, 0.25) is 0 Å². The monoisotopic (exact) mass is 808 g/mol. The summed E-state index contributed by atoms with van der Waals surface area (Å²) in [6, 6.07) is 73.3. The summed E-state index contributed by atoms with van der Waals surface area (Å²) >= 11 is 0. The Morgan fingerprint density at radius 1 is 0.312 bits per heavy atom. The number of fused-ring (bicyclic) bond motifs is 13. The summed E-state index contributed by atoms with van der Waals surface area (Å²) in [5, 5.41) is 10.1. The highest BCUT2D eigenvalue weighted by atomic mass is 15.2. The van der Waals surface area contributed by atoms with E-state index >= 15 is 0 Å². The second-order valence-electron chi connectivity index (χ2n) is 18.1. The highest BCUT2D eigenvalue weighted by molar-refractivity contribution is 6.91. The quantitative estimate of drug-likeness (QED) is 0.162. The zero-order valence-electron chi connectivity index (χ0n) is 34.6. The summed E-state index contributed by atoms with van der Waals surface area (Å²) in [5.41, 5.74) is 20.4. The molecule has 0 N–H and O–H groups in total. The molecular weight excluding hydrogens is 774 g/mol. The number of aromatic nitrogens is 2. The lowest BCUT2D eigenvalue weighted by atomic mass is 9.43. The van der Waals surface area contributed by atoms with Gasteiger partial charge in [-0.3, -0.25) is 0 Å². The molecule has 4 nitrogen and oxygen atoms in total. The van der Waals surface area contributed by atoms with Gasteiger partial charge < -0.3 is 18.8 Å². The Kier molecular flexibility index (Phi) is 6.17. The Bertz CT molecular complexity index is 3790. The molecule has 0 atom stereocenters. The van der Waals surface area contributed by atoms with Crippen molar-refractivity contribution in [3.63, 3.8) is 0 Å². The maximum atomic E-state index is 2.58. The molecule has 4 aliphatic heterocycles. The standard InChI is InChI=1S/C58H34B2N4/c1-3-19-41(20-4-1)63-49-31-39-15-9-7-13-37(39)29-47(49)59-55-51(63)33-45-46(53(55)43-23-11-17-35-25-27-61(59)57(35)43)34-52-56-54(45)44-24-12-18-36-26-28-62(58(36)44)60(56)48-30-38-14-8-10-16-40(38)32-50(48)64(52)42-21-5-2-6-22-42/h1-34H. The average molecular weight is 809 g/mol. The van der Waals surface area contributed by atoms with Crippen LogP contribution in [0.15, 0.2) is 207 Å². The van der Waals surface area contributed by atoms with Gasteiger partial charge in [-0.05, 0) is 149 Å². The first-order valence-corrected chi connectivity index (χ1v) is 22.4. The van der Waals surface area contributed by atoms with E-state index in [1.165, 1.54) is 121 Å². The first kappa shape index (κ1) is 33.4. The minimum absolute atomic E-state index is 0.0283. The average Bonchev–Trinajstić information content (AvgIpc) is 3.99. The van der Waals surface area contributed by atoms with Gasteiger partial charge in [0.05, 0.1) is 0 Å². The van der Waals surface area contributed by atoms with E-state index in [1.807, 2.05) is 0 Å². The van der Waals surface area contributed by atoms with Crippen molar-refractivity contribution in [3.8, 4) is 22.3 Å². The van der Waals surface area contributed by atoms with E-state index in [1.54, 1.807) is 0 Å². The number of hydrogen-bond acceptors (Lipinski definition) is 2. The van der Waals surface area contributed by atoms with Crippen molar-refractivity contribution in [2.45, 2.75) is 0 Å². The van der Waals surface area contributed by atoms with Gasteiger partial charge in [-0.25, -0.2) is 0 Å².